The first-order valence-corrected chi connectivity index (χ1v) is 13.6. The zero-order valence-electron chi connectivity index (χ0n) is 22.2. The normalized spacial score (nSPS) is 18.4. The van der Waals surface area contributed by atoms with Gasteiger partial charge in [-0.25, -0.2) is 19.7 Å². The Labute approximate surface area is 231 Å². The highest BCUT2D eigenvalue weighted by Crippen LogP contribution is 2.26. The number of pyridine rings is 1. The van der Waals surface area contributed by atoms with Gasteiger partial charge in [0.15, 0.2) is 11.5 Å². The molecule has 0 saturated carbocycles. The van der Waals surface area contributed by atoms with Gasteiger partial charge < -0.3 is 35.1 Å². The highest BCUT2D eigenvalue weighted by Gasteiger charge is 2.28. The number of amides is 3. The average molecular weight is 548 g/mol. The number of hydrogen-bond acceptors (Lipinski definition) is 10. The maximum Gasteiger partial charge on any atom is 0.320 e. The van der Waals surface area contributed by atoms with Gasteiger partial charge in [-0.1, -0.05) is 6.58 Å². The van der Waals surface area contributed by atoms with E-state index in [1.54, 1.807) is 12.5 Å². The fraction of sp³-hybridized carbons (Fsp3) is 0.462. The highest BCUT2D eigenvalue weighted by molar-refractivity contribution is 5.89. The third-order valence-corrected chi connectivity index (χ3v) is 7.46. The molecule has 0 aliphatic carbocycles. The topological polar surface area (TPSA) is 157 Å². The summed E-state index contributed by atoms with van der Waals surface area (Å²) in [5.74, 6) is 1.93. The van der Waals surface area contributed by atoms with E-state index in [0.29, 0.717) is 37.8 Å². The fourth-order valence-electron chi connectivity index (χ4n) is 5.27. The number of aromatic amines is 1. The zero-order chi connectivity index (χ0) is 27.5. The van der Waals surface area contributed by atoms with E-state index in [0.717, 1.165) is 62.0 Å². The lowest BCUT2D eigenvalue weighted by molar-refractivity contribution is -0.117. The molecule has 3 saturated heterocycles. The van der Waals surface area contributed by atoms with Crippen molar-refractivity contribution in [3.05, 3.63) is 37.3 Å². The SMILES string of the molecule is C=CC(=O)NC1CN(c2ccnc(NC(=O)NC3CCN(c4nc5ncnc(N6CCOCC6)c5[nH]4)CC3)c2)C1. The molecule has 3 amide bonds. The number of morpholine rings is 1. The zero-order valence-corrected chi connectivity index (χ0v) is 22.2. The van der Waals surface area contributed by atoms with Crippen LogP contribution in [0.5, 0.6) is 0 Å². The molecule has 0 bridgehead atoms. The fourth-order valence-corrected chi connectivity index (χ4v) is 5.27. The molecule has 210 valence electrons. The second-order valence-corrected chi connectivity index (χ2v) is 10.1. The third kappa shape index (κ3) is 5.61. The van der Waals surface area contributed by atoms with E-state index in [4.69, 9.17) is 9.72 Å². The number of rotatable bonds is 7. The first-order chi connectivity index (χ1) is 19.6. The van der Waals surface area contributed by atoms with E-state index >= 15 is 0 Å². The molecule has 0 aromatic carbocycles. The van der Waals surface area contributed by atoms with Crippen molar-refractivity contribution in [3.63, 3.8) is 0 Å². The number of ether oxygens (including phenoxy) is 1. The molecule has 3 aromatic heterocycles. The van der Waals surface area contributed by atoms with Crippen molar-refractivity contribution in [1.29, 1.82) is 0 Å². The average Bonchev–Trinajstić information content (AvgIpc) is 3.40. The molecule has 0 radical (unpaired) electrons. The summed E-state index contributed by atoms with van der Waals surface area (Å²) in [4.78, 5) is 52.0. The minimum Gasteiger partial charge on any atom is -0.378 e. The molecular weight excluding hydrogens is 514 g/mol. The Morgan fingerprint density at radius 2 is 1.80 bits per heavy atom. The van der Waals surface area contributed by atoms with Crippen LogP contribution in [0.1, 0.15) is 12.8 Å². The van der Waals surface area contributed by atoms with E-state index in [2.05, 4.69) is 57.2 Å². The van der Waals surface area contributed by atoms with E-state index in [1.165, 1.54) is 6.08 Å². The maximum atomic E-state index is 12.7. The molecule has 14 nitrogen and oxygen atoms in total. The van der Waals surface area contributed by atoms with E-state index in [-0.39, 0.29) is 24.0 Å². The van der Waals surface area contributed by atoms with Crippen LogP contribution in [0.25, 0.3) is 11.2 Å². The van der Waals surface area contributed by atoms with Gasteiger partial charge in [-0.3, -0.25) is 10.1 Å². The number of hydrogen-bond donors (Lipinski definition) is 4. The summed E-state index contributed by atoms with van der Waals surface area (Å²) in [7, 11) is 0. The summed E-state index contributed by atoms with van der Waals surface area (Å²) in [6, 6.07) is 3.57. The summed E-state index contributed by atoms with van der Waals surface area (Å²) in [6.07, 6.45) is 6.06. The number of fused-ring (bicyclic) bond motifs is 1. The van der Waals surface area contributed by atoms with Crippen LogP contribution in [0, 0.1) is 0 Å². The molecule has 6 heterocycles. The summed E-state index contributed by atoms with van der Waals surface area (Å²) < 4.78 is 5.47. The predicted molar refractivity (Wildman–Crippen MR) is 151 cm³/mol. The molecule has 3 aliphatic heterocycles. The van der Waals surface area contributed by atoms with Crippen molar-refractivity contribution in [2.75, 3.05) is 72.5 Å². The molecule has 4 N–H and O–H groups in total. The van der Waals surface area contributed by atoms with Crippen LogP contribution < -0.4 is 30.7 Å². The molecule has 14 heteroatoms. The highest BCUT2D eigenvalue weighted by atomic mass is 16.5. The van der Waals surface area contributed by atoms with Crippen molar-refractivity contribution < 1.29 is 14.3 Å². The molecule has 3 fully saturated rings. The lowest BCUT2D eigenvalue weighted by Gasteiger charge is -2.41. The van der Waals surface area contributed by atoms with Crippen LogP contribution in [0.3, 0.4) is 0 Å². The molecular formula is C26H33N11O3. The molecule has 0 unspecified atom stereocenters. The molecule has 0 atom stereocenters. The number of imidazole rings is 1. The lowest BCUT2D eigenvalue weighted by atomic mass is 10.1. The molecule has 3 aliphatic rings. The van der Waals surface area contributed by atoms with Crippen LogP contribution in [0.15, 0.2) is 37.3 Å². The number of carbonyl (C=O) groups excluding carboxylic acids is 2. The lowest BCUT2D eigenvalue weighted by Crippen LogP contribution is -2.59. The van der Waals surface area contributed by atoms with Crippen LogP contribution in [-0.2, 0) is 9.53 Å². The number of piperidine rings is 1. The van der Waals surface area contributed by atoms with E-state index in [9.17, 15) is 9.59 Å². The minimum absolute atomic E-state index is 0.0390. The summed E-state index contributed by atoms with van der Waals surface area (Å²) in [5, 5.41) is 8.80. The monoisotopic (exact) mass is 547 g/mol. The van der Waals surface area contributed by atoms with Gasteiger partial charge in [-0.05, 0) is 25.0 Å². The summed E-state index contributed by atoms with van der Waals surface area (Å²) >= 11 is 0. The predicted octanol–water partition coefficient (Wildman–Crippen LogP) is 0.866. The van der Waals surface area contributed by atoms with Crippen molar-refractivity contribution in [2.45, 2.75) is 24.9 Å². The molecule has 3 aromatic rings. The largest absolute Gasteiger partial charge is 0.378 e. The molecule has 0 spiro atoms. The van der Waals surface area contributed by atoms with Gasteiger partial charge in [0.25, 0.3) is 0 Å². The molecule has 40 heavy (non-hydrogen) atoms. The van der Waals surface area contributed by atoms with Crippen LogP contribution in [0.4, 0.5) is 28.1 Å². The second-order valence-electron chi connectivity index (χ2n) is 10.1. The Hall–Kier alpha value is -4.46. The van der Waals surface area contributed by atoms with Crippen LogP contribution in [0.2, 0.25) is 0 Å². The summed E-state index contributed by atoms with van der Waals surface area (Å²) in [6.45, 7) is 9.29. The van der Waals surface area contributed by atoms with Crippen LogP contribution >= 0.6 is 0 Å². The maximum absolute atomic E-state index is 12.7. The molecule has 6 rings (SSSR count). The standard InChI is InChI=1S/C26H33N11O3/c1-2-21(38)30-18-14-37(15-18)19-3-6-27-20(13-19)32-26(39)31-17-4-7-36(8-5-17)25-33-22-23(34-25)28-16-29-24(22)35-9-11-40-12-10-35/h2-3,6,13,16-18H,1,4-5,7-12,14-15H2,(H,30,38)(H2,27,31,32,39)(H,28,29,33,34). The Morgan fingerprint density at radius 3 is 2.58 bits per heavy atom. The Morgan fingerprint density at radius 1 is 1.00 bits per heavy atom. The van der Waals surface area contributed by atoms with Crippen molar-refractivity contribution in [3.8, 4) is 0 Å². The quantitative estimate of drug-likeness (QED) is 0.313. The van der Waals surface area contributed by atoms with Crippen molar-refractivity contribution in [2.24, 2.45) is 0 Å². The van der Waals surface area contributed by atoms with Gasteiger partial charge in [0.05, 0.1) is 19.3 Å². The number of urea groups is 1. The number of nitrogens with zero attached hydrogens (tertiary/aromatic N) is 7. The number of H-pyrrole nitrogens is 1. The van der Waals surface area contributed by atoms with Gasteiger partial charge in [0.1, 0.15) is 17.7 Å². The Kier molecular flexibility index (Phi) is 7.31. The van der Waals surface area contributed by atoms with E-state index < -0.39 is 0 Å². The summed E-state index contributed by atoms with van der Waals surface area (Å²) in [5.41, 5.74) is 2.43. The third-order valence-electron chi connectivity index (χ3n) is 7.46. The van der Waals surface area contributed by atoms with E-state index in [1.807, 2.05) is 12.1 Å². The van der Waals surface area contributed by atoms with Gasteiger partial charge >= 0.3 is 6.03 Å². The number of anilines is 4. The number of nitrogens with one attached hydrogen (secondary N) is 4. The van der Waals surface area contributed by atoms with Crippen LogP contribution in [-0.4, -0.2) is 101 Å². The van der Waals surface area contributed by atoms with Gasteiger partial charge in [0.2, 0.25) is 11.9 Å². The Bertz CT molecular complexity index is 1380. The smallest absolute Gasteiger partial charge is 0.320 e. The Balaban J connectivity index is 0.997. The first-order valence-electron chi connectivity index (χ1n) is 13.6. The van der Waals surface area contributed by atoms with Crippen molar-refractivity contribution in [1.82, 2.24) is 35.6 Å². The first kappa shape index (κ1) is 25.8. The van der Waals surface area contributed by atoms with Gasteiger partial charge in [0, 0.05) is 63.3 Å². The van der Waals surface area contributed by atoms with Gasteiger partial charge in [-0.2, -0.15) is 4.98 Å². The number of carbonyl (C=O) groups is 2. The number of aromatic nitrogens is 5. The van der Waals surface area contributed by atoms with Gasteiger partial charge in [-0.15, -0.1) is 0 Å². The van der Waals surface area contributed by atoms with Crippen molar-refractivity contribution >= 4 is 46.4 Å². The minimum atomic E-state index is -0.281. The second kappa shape index (κ2) is 11.3.